The average Bonchev–Trinajstić information content (AvgIpc) is 3.73. The highest BCUT2D eigenvalue weighted by Crippen LogP contribution is 2.33. The molecule has 0 aliphatic heterocycles. The van der Waals surface area contributed by atoms with Crippen LogP contribution >= 0.6 is 11.3 Å². The van der Waals surface area contributed by atoms with Gasteiger partial charge in [0.15, 0.2) is 5.01 Å². The molecule has 11 nitrogen and oxygen atoms in total. The van der Waals surface area contributed by atoms with Crippen molar-refractivity contribution in [3.63, 3.8) is 0 Å². The minimum absolute atomic E-state index is 0.0905. The molecule has 2 fully saturated rings. The van der Waals surface area contributed by atoms with E-state index in [1.54, 1.807) is 30.9 Å². The molecule has 1 atom stereocenters. The van der Waals surface area contributed by atoms with E-state index in [0.29, 0.717) is 60.7 Å². The van der Waals surface area contributed by atoms with Crippen LogP contribution in [0.25, 0.3) is 10.6 Å². The van der Waals surface area contributed by atoms with Gasteiger partial charge in [-0.2, -0.15) is 0 Å². The van der Waals surface area contributed by atoms with Crippen molar-refractivity contribution in [1.29, 1.82) is 0 Å². The molecule has 0 radical (unpaired) electrons. The van der Waals surface area contributed by atoms with E-state index in [-0.39, 0.29) is 17.2 Å². The SMILES string of the molecule is CCOc1cncc(-c2cnc(C(=O)NCC[C@@H](c3cc(NS(=O)(=O)C4CC4)ccn3)N(C)C3CCCCC3)s2)n1. The fourth-order valence-electron chi connectivity index (χ4n) is 5.20. The van der Waals surface area contributed by atoms with Crippen molar-refractivity contribution in [2.75, 3.05) is 24.9 Å². The maximum Gasteiger partial charge on any atom is 0.280 e. The predicted molar refractivity (Wildman–Crippen MR) is 158 cm³/mol. The fourth-order valence-corrected chi connectivity index (χ4v) is 7.37. The van der Waals surface area contributed by atoms with Crippen LogP contribution in [0.5, 0.6) is 5.88 Å². The molecule has 41 heavy (non-hydrogen) atoms. The summed E-state index contributed by atoms with van der Waals surface area (Å²) in [6, 6.07) is 3.84. The summed E-state index contributed by atoms with van der Waals surface area (Å²) in [5.41, 5.74) is 1.91. The first-order chi connectivity index (χ1) is 19.8. The maximum atomic E-state index is 13.0. The van der Waals surface area contributed by atoms with Crippen molar-refractivity contribution >= 4 is 33.0 Å². The second kappa shape index (κ2) is 13.2. The van der Waals surface area contributed by atoms with Crippen LogP contribution in [0.15, 0.2) is 36.9 Å². The largest absolute Gasteiger partial charge is 0.477 e. The Kier molecular flexibility index (Phi) is 9.46. The normalized spacial score (nSPS) is 16.9. The van der Waals surface area contributed by atoms with Gasteiger partial charge in [0, 0.05) is 25.0 Å². The molecular weight excluding hydrogens is 562 g/mol. The zero-order valence-corrected chi connectivity index (χ0v) is 25.1. The van der Waals surface area contributed by atoms with Gasteiger partial charge in [0.1, 0.15) is 5.69 Å². The summed E-state index contributed by atoms with van der Waals surface area (Å²) in [6.07, 6.45) is 14.3. The molecule has 0 spiro atoms. The molecule has 0 bridgehead atoms. The van der Waals surface area contributed by atoms with Crippen molar-refractivity contribution in [1.82, 2.24) is 30.2 Å². The molecule has 13 heteroatoms. The van der Waals surface area contributed by atoms with Crippen LogP contribution < -0.4 is 14.8 Å². The van der Waals surface area contributed by atoms with Gasteiger partial charge in [-0.15, -0.1) is 11.3 Å². The lowest BCUT2D eigenvalue weighted by molar-refractivity contribution is 0.0937. The summed E-state index contributed by atoms with van der Waals surface area (Å²) in [4.78, 5) is 33.6. The summed E-state index contributed by atoms with van der Waals surface area (Å²) in [5.74, 6) is 0.170. The Morgan fingerprint density at radius 1 is 1.15 bits per heavy atom. The van der Waals surface area contributed by atoms with E-state index in [9.17, 15) is 13.2 Å². The highest BCUT2D eigenvalue weighted by atomic mass is 32.2. The van der Waals surface area contributed by atoms with Gasteiger partial charge >= 0.3 is 0 Å². The molecule has 0 unspecified atom stereocenters. The Hall–Kier alpha value is -3.16. The van der Waals surface area contributed by atoms with Crippen LogP contribution in [0.4, 0.5) is 5.69 Å². The molecule has 0 aromatic carbocycles. The zero-order chi connectivity index (χ0) is 28.8. The lowest BCUT2D eigenvalue weighted by Gasteiger charge is -2.37. The molecular formula is C28H37N7O4S2. The van der Waals surface area contributed by atoms with Gasteiger partial charge in [0.25, 0.3) is 5.91 Å². The minimum atomic E-state index is -3.38. The molecule has 1 amide bonds. The van der Waals surface area contributed by atoms with Gasteiger partial charge in [-0.05, 0) is 58.2 Å². The van der Waals surface area contributed by atoms with E-state index in [2.05, 4.69) is 41.9 Å². The number of pyridine rings is 1. The summed E-state index contributed by atoms with van der Waals surface area (Å²) in [5, 5.41) is 3.05. The molecule has 2 aliphatic carbocycles. The first-order valence-electron chi connectivity index (χ1n) is 14.2. The van der Waals surface area contributed by atoms with Gasteiger partial charge in [-0.3, -0.25) is 24.4 Å². The second-order valence-electron chi connectivity index (χ2n) is 10.5. The number of carbonyl (C=O) groups excluding carboxylic acids is 1. The van der Waals surface area contributed by atoms with Crippen LogP contribution in [0.1, 0.15) is 79.8 Å². The number of hydrogen-bond acceptors (Lipinski definition) is 10. The van der Waals surface area contributed by atoms with Crippen molar-refractivity contribution < 1.29 is 17.9 Å². The summed E-state index contributed by atoms with van der Waals surface area (Å²) >= 11 is 1.25. The number of hydrogen-bond donors (Lipinski definition) is 2. The number of nitrogens with zero attached hydrogens (tertiary/aromatic N) is 5. The third-order valence-electron chi connectivity index (χ3n) is 7.55. The zero-order valence-electron chi connectivity index (χ0n) is 23.5. The molecule has 3 heterocycles. The number of thiazole rings is 1. The Morgan fingerprint density at radius 2 is 1.95 bits per heavy atom. The fraction of sp³-hybridized carbons (Fsp3) is 0.536. The van der Waals surface area contributed by atoms with Crippen LogP contribution in [-0.2, 0) is 10.0 Å². The molecule has 2 N–H and O–H groups in total. The number of carbonyl (C=O) groups is 1. The van der Waals surface area contributed by atoms with Crippen molar-refractivity contribution in [2.45, 2.75) is 75.6 Å². The Labute approximate surface area is 245 Å². The molecule has 3 aromatic rings. The van der Waals surface area contributed by atoms with Crippen molar-refractivity contribution in [2.24, 2.45) is 0 Å². The predicted octanol–water partition coefficient (Wildman–Crippen LogP) is 4.42. The van der Waals surface area contributed by atoms with Gasteiger partial charge in [0.2, 0.25) is 15.9 Å². The quantitative estimate of drug-likeness (QED) is 0.292. The van der Waals surface area contributed by atoms with Crippen LogP contribution in [0, 0.1) is 0 Å². The number of aromatic nitrogens is 4. The lowest BCUT2D eigenvalue weighted by Crippen LogP contribution is -2.38. The molecule has 2 saturated carbocycles. The van der Waals surface area contributed by atoms with Gasteiger partial charge in [-0.25, -0.2) is 18.4 Å². The Balaban J connectivity index is 1.26. The summed E-state index contributed by atoms with van der Waals surface area (Å²) in [7, 11) is -1.27. The molecule has 0 saturated heterocycles. The van der Waals surface area contributed by atoms with E-state index in [0.717, 1.165) is 23.4 Å². The van der Waals surface area contributed by atoms with Crippen molar-refractivity contribution in [3.8, 4) is 16.5 Å². The highest BCUT2D eigenvalue weighted by Gasteiger charge is 2.36. The number of amides is 1. The van der Waals surface area contributed by atoms with E-state index in [1.807, 2.05) is 13.0 Å². The molecule has 2 aliphatic rings. The average molecular weight is 600 g/mol. The Bertz CT molecular complexity index is 1440. The van der Waals surface area contributed by atoms with Gasteiger partial charge in [-0.1, -0.05) is 19.3 Å². The number of rotatable bonds is 13. The first kappa shape index (κ1) is 29.3. The second-order valence-corrected chi connectivity index (χ2v) is 13.5. The molecule has 5 rings (SSSR count). The first-order valence-corrected chi connectivity index (χ1v) is 16.6. The number of sulfonamides is 1. The van der Waals surface area contributed by atoms with E-state index in [4.69, 9.17) is 4.74 Å². The number of ether oxygens (including phenoxy) is 1. The van der Waals surface area contributed by atoms with E-state index >= 15 is 0 Å². The van der Waals surface area contributed by atoms with Gasteiger partial charge < -0.3 is 10.1 Å². The summed E-state index contributed by atoms with van der Waals surface area (Å²) < 4.78 is 33.2. The third-order valence-corrected chi connectivity index (χ3v) is 10.4. The van der Waals surface area contributed by atoms with Crippen LogP contribution in [0.2, 0.25) is 0 Å². The maximum absolute atomic E-state index is 13.0. The monoisotopic (exact) mass is 599 g/mol. The standard InChI is InChI=1S/C28H37N7O4S2/c1-3-39-26-18-29-16-23(33-26)25-17-32-28(40-25)27(36)31-14-12-24(35(2)20-7-5-4-6-8-20)22-15-19(11-13-30-22)34-41(37,38)21-9-10-21/h11,13,15-18,20-21,24H,3-10,12,14H2,1-2H3,(H,30,34)(H,31,36)/t24-/m0/s1. The lowest BCUT2D eigenvalue weighted by atomic mass is 9.92. The third kappa shape index (κ3) is 7.57. The smallest absolute Gasteiger partial charge is 0.280 e. The topological polar surface area (TPSA) is 139 Å². The van der Waals surface area contributed by atoms with Gasteiger partial charge in [0.05, 0.1) is 46.6 Å². The number of nitrogens with one attached hydrogen (secondary N) is 2. The van der Waals surface area contributed by atoms with Crippen LogP contribution in [0.3, 0.4) is 0 Å². The van der Waals surface area contributed by atoms with Crippen molar-refractivity contribution in [3.05, 3.63) is 47.6 Å². The van der Waals surface area contributed by atoms with E-state index < -0.39 is 10.0 Å². The molecule has 3 aromatic heterocycles. The Morgan fingerprint density at radius 3 is 2.71 bits per heavy atom. The van der Waals surface area contributed by atoms with Crippen LogP contribution in [-0.4, -0.2) is 70.7 Å². The highest BCUT2D eigenvalue weighted by molar-refractivity contribution is 7.93. The number of anilines is 1. The minimum Gasteiger partial charge on any atom is -0.477 e. The summed E-state index contributed by atoms with van der Waals surface area (Å²) in [6.45, 7) is 2.78. The van der Waals surface area contributed by atoms with E-state index in [1.165, 1.54) is 30.6 Å². The molecule has 220 valence electrons.